The summed E-state index contributed by atoms with van der Waals surface area (Å²) in [5, 5.41) is 3.93. The van der Waals surface area contributed by atoms with Crippen LogP contribution in [0.25, 0.3) is 0 Å². The van der Waals surface area contributed by atoms with Crippen molar-refractivity contribution >= 4 is 39.8 Å². The van der Waals surface area contributed by atoms with Crippen LogP contribution in [0.4, 0.5) is 5.00 Å². The molecule has 0 spiro atoms. The molecular formula is C23H20ClNO3S. The predicted molar refractivity (Wildman–Crippen MR) is 116 cm³/mol. The van der Waals surface area contributed by atoms with Gasteiger partial charge in [-0.3, -0.25) is 4.79 Å². The number of halogens is 1. The highest BCUT2D eigenvalue weighted by Gasteiger charge is 2.30. The highest BCUT2D eigenvalue weighted by atomic mass is 35.5. The van der Waals surface area contributed by atoms with E-state index in [0.29, 0.717) is 27.1 Å². The molecule has 1 aliphatic rings. The quantitative estimate of drug-likeness (QED) is 0.544. The fraction of sp³-hybridized carbons (Fsp3) is 0.217. The van der Waals surface area contributed by atoms with Crippen molar-refractivity contribution in [3.05, 3.63) is 86.8 Å². The minimum absolute atomic E-state index is 0.296. The number of carbonyl (C=O) groups is 2. The molecule has 1 amide bonds. The lowest BCUT2D eigenvalue weighted by Gasteiger charge is -2.22. The topological polar surface area (TPSA) is 55.4 Å². The first-order valence-corrected chi connectivity index (χ1v) is 10.6. The van der Waals surface area contributed by atoms with Gasteiger partial charge in [-0.1, -0.05) is 48.0 Å². The molecule has 6 heteroatoms. The van der Waals surface area contributed by atoms with Gasteiger partial charge in [0, 0.05) is 15.5 Å². The zero-order valence-corrected chi connectivity index (χ0v) is 17.5. The second kappa shape index (κ2) is 8.39. The molecule has 2 aromatic carbocycles. The maximum atomic E-state index is 12.7. The van der Waals surface area contributed by atoms with E-state index >= 15 is 0 Å². The fourth-order valence-electron chi connectivity index (χ4n) is 3.81. The number of fused-ring (bicyclic) bond motifs is 1. The van der Waals surface area contributed by atoms with Crippen molar-refractivity contribution in [3.63, 3.8) is 0 Å². The number of benzene rings is 2. The number of esters is 1. The minimum Gasteiger partial charge on any atom is -0.465 e. The molecule has 1 atom stereocenters. The van der Waals surface area contributed by atoms with E-state index in [1.54, 1.807) is 24.3 Å². The molecule has 0 bridgehead atoms. The number of anilines is 1. The van der Waals surface area contributed by atoms with E-state index in [-0.39, 0.29) is 5.91 Å². The van der Waals surface area contributed by atoms with Crippen LogP contribution >= 0.6 is 22.9 Å². The first-order valence-electron chi connectivity index (χ1n) is 9.41. The Morgan fingerprint density at radius 3 is 2.66 bits per heavy atom. The number of amides is 1. The molecule has 0 unspecified atom stereocenters. The van der Waals surface area contributed by atoms with Crippen LogP contribution in [0, 0.1) is 0 Å². The van der Waals surface area contributed by atoms with Crippen molar-refractivity contribution in [2.24, 2.45) is 0 Å². The molecule has 1 aromatic heterocycles. The van der Waals surface area contributed by atoms with Gasteiger partial charge in [0.05, 0.1) is 12.7 Å². The normalized spacial score (nSPS) is 15.4. The van der Waals surface area contributed by atoms with Gasteiger partial charge in [-0.05, 0) is 54.5 Å². The summed E-state index contributed by atoms with van der Waals surface area (Å²) in [7, 11) is 1.37. The van der Waals surface area contributed by atoms with Crippen LogP contribution < -0.4 is 5.32 Å². The number of carbonyl (C=O) groups excluding carboxylic acids is 2. The Morgan fingerprint density at radius 1 is 1.14 bits per heavy atom. The molecule has 1 aliphatic carbocycles. The van der Waals surface area contributed by atoms with Crippen molar-refractivity contribution in [2.45, 2.75) is 25.2 Å². The van der Waals surface area contributed by atoms with Crippen LogP contribution in [0.5, 0.6) is 0 Å². The minimum atomic E-state index is -0.415. The van der Waals surface area contributed by atoms with E-state index in [1.807, 2.05) is 6.07 Å². The van der Waals surface area contributed by atoms with Crippen molar-refractivity contribution in [2.75, 3.05) is 12.4 Å². The molecule has 3 aromatic rings. The van der Waals surface area contributed by atoms with E-state index in [2.05, 4.69) is 29.6 Å². The van der Waals surface area contributed by atoms with Gasteiger partial charge in [-0.15, -0.1) is 11.3 Å². The zero-order chi connectivity index (χ0) is 20.4. The van der Waals surface area contributed by atoms with E-state index < -0.39 is 5.97 Å². The molecule has 0 radical (unpaired) electrons. The molecule has 1 heterocycles. The molecule has 29 heavy (non-hydrogen) atoms. The van der Waals surface area contributed by atoms with Crippen molar-refractivity contribution in [3.8, 4) is 0 Å². The van der Waals surface area contributed by atoms with Crippen LogP contribution in [-0.2, 0) is 17.6 Å². The summed E-state index contributed by atoms with van der Waals surface area (Å²) in [5.74, 6) is -0.303. The first-order chi connectivity index (χ1) is 14.1. The molecule has 148 valence electrons. The lowest BCUT2D eigenvalue weighted by Crippen LogP contribution is -2.16. The third-order valence-electron chi connectivity index (χ3n) is 5.24. The number of thiophene rings is 1. The lowest BCUT2D eigenvalue weighted by atomic mass is 9.83. The van der Waals surface area contributed by atoms with E-state index in [9.17, 15) is 9.59 Å². The summed E-state index contributed by atoms with van der Waals surface area (Å²) in [6.45, 7) is 0. The lowest BCUT2D eigenvalue weighted by molar-refractivity contribution is 0.0601. The monoisotopic (exact) mass is 425 g/mol. The Morgan fingerprint density at radius 2 is 1.93 bits per heavy atom. The summed E-state index contributed by atoms with van der Waals surface area (Å²) < 4.78 is 5.01. The smallest absolute Gasteiger partial charge is 0.341 e. The summed E-state index contributed by atoms with van der Waals surface area (Å²) in [6.07, 6.45) is 2.59. The molecule has 0 saturated heterocycles. The van der Waals surface area contributed by atoms with E-state index in [0.717, 1.165) is 29.7 Å². The molecule has 0 fully saturated rings. The molecule has 0 aliphatic heterocycles. The maximum absolute atomic E-state index is 12.7. The maximum Gasteiger partial charge on any atom is 0.341 e. The van der Waals surface area contributed by atoms with E-state index in [4.69, 9.17) is 16.3 Å². The second-order valence-electron chi connectivity index (χ2n) is 7.01. The van der Waals surface area contributed by atoms with Crippen molar-refractivity contribution in [1.29, 1.82) is 0 Å². The summed E-state index contributed by atoms with van der Waals surface area (Å²) in [5.41, 5.74) is 3.22. The number of rotatable bonds is 4. The third-order valence-corrected chi connectivity index (χ3v) is 6.64. The number of nitrogens with one attached hydrogen (secondary N) is 1. The standard InChI is InChI=1S/C23H20ClNO3S/c1-28-23(27)20-18-11-10-15(14-6-3-2-4-7-14)13-19(18)29-22(20)25-21(26)16-8-5-9-17(24)12-16/h2-9,12,15H,10-11,13H2,1H3,(H,25,26)/t15-/m0/s1. The Hall–Kier alpha value is -2.63. The van der Waals surface area contributed by atoms with Crippen LogP contribution in [-0.4, -0.2) is 19.0 Å². The number of hydrogen-bond donors (Lipinski definition) is 1. The van der Waals surface area contributed by atoms with Gasteiger partial charge in [0.25, 0.3) is 5.91 Å². The van der Waals surface area contributed by atoms with Crippen LogP contribution in [0.15, 0.2) is 54.6 Å². The summed E-state index contributed by atoms with van der Waals surface area (Å²) in [6, 6.07) is 17.1. The molecule has 0 saturated carbocycles. The molecule has 4 rings (SSSR count). The van der Waals surface area contributed by atoms with Gasteiger partial charge in [-0.25, -0.2) is 4.79 Å². The molecule has 4 nitrogen and oxygen atoms in total. The Labute approximate surface area is 178 Å². The number of hydrogen-bond acceptors (Lipinski definition) is 4. The number of ether oxygens (including phenoxy) is 1. The highest BCUT2D eigenvalue weighted by molar-refractivity contribution is 7.17. The average Bonchev–Trinajstić information content (AvgIpc) is 3.10. The van der Waals surface area contributed by atoms with Gasteiger partial charge >= 0.3 is 5.97 Å². The SMILES string of the molecule is COC(=O)c1c(NC(=O)c2cccc(Cl)c2)sc2c1CC[C@H](c1ccccc1)C2. The van der Waals surface area contributed by atoms with Gasteiger partial charge in [0.2, 0.25) is 0 Å². The van der Waals surface area contributed by atoms with Crippen LogP contribution in [0.3, 0.4) is 0 Å². The van der Waals surface area contributed by atoms with Crippen LogP contribution in [0.2, 0.25) is 5.02 Å². The Balaban J connectivity index is 1.65. The summed E-state index contributed by atoms with van der Waals surface area (Å²) in [4.78, 5) is 26.3. The zero-order valence-electron chi connectivity index (χ0n) is 15.9. The average molecular weight is 426 g/mol. The van der Waals surface area contributed by atoms with Gasteiger partial charge in [0.15, 0.2) is 0 Å². The number of methoxy groups -OCH3 is 1. The fourth-order valence-corrected chi connectivity index (χ4v) is 5.31. The largest absolute Gasteiger partial charge is 0.465 e. The highest BCUT2D eigenvalue weighted by Crippen LogP contribution is 2.42. The molecular weight excluding hydrogens is 406 g/mol. The van der Waals surface area contributed by atoms with Crippen molar-refractivity contribution in [1.82, 2.24) is 0 Å². The van der Waals surface area contributed by atoms with Gasteiger partial charge in [0.1, 0.15) is 5.00 Å². The Kier molecular flexibility index (Phi) is 5.69. The van der Waals surface area contributed by atoms with Crippen molar-refractivity contribution < 1.29 is 14.3 Å². The first kappa shape index (κ1) is 19.7. The molecule has 1 N–H and O–H groups in total. The third kappa shape index (κ3) is 4.07. The Bertz CT molecular complexity index is 1060. The summed E-state index contributed by atoms with van der Waals surface area (Å²) >= 11 is 7.47. The second-order valence-corrected chi connectivity index (χ2v) is 8.56. The van der Waals surface area contributed by atoms with Crippen LogP contribution in [0.1, 0.15) is 49.1 Å². The van der Waals surface area contributed by atoms with Gasteiger partial charge in [-0.2, -0.15) is 0 Å². The van der Waals surface area contributed by atoms with Gasteiger partial charge < -0.3 is 10.1 Å². The van der Waals surface area contributed by atoms with E-state index in [1.165, 1.54) is 24.0 Å². The predicted octanol–water partition coefficient (Wildman–Crippen LogP) is 5.71.